The lowest BCUT2D eigenvalue weighted by molar-refractivity contribution is 1.15. The molecular formula is C11H10N4S. The van der Waals surface area contributed by atoms with Crippen LogP contribution in [0.2, 0.25) is 0 Å². The zero-order valence-corrected chi connectivity index (χ0v) is 9.58. The first-order valence-corrected chi connectivity index (χ1v) is 5.78. The fraction of sp³-hybridized carbons (Fsp3) is 0.182. The van der Waals surface area contributed by atoms with Gasteiger partial charge >= 0.3 is 0 Å². The molecule has 0 unspecified atom stereocenters. The van der Waals surface area contributed by atoms with Gasteiger partial charge in [0.1, 0.15) is 22.6 Å². The normalized spacial score (nSPS) is 9.75. The Morgan fingerprint density at radius 2 is 2.38 bits per heavy atom. The monoisotopic (exact) mass is 230 g/mol. The lowest BCUT2D eigenvalue weighted by atomic mass is 10.2. The van der Waals surface area contributed by atoms with Crippen molar-refractivity contribution in [1.82, 2.24) is 9.97 Å². The summed E-state index contributed by atoms with van der Waals surface area (Å²) in [7, 11) is 0. The Hall–Kier alpha value is -1.93. The zero-order chi connectivity index (χ0) is 11.4. The van der Waals surface area contributed by atoms with E-state index in [2.05, 4.69) is 21.4 Å². The third-order valence-corrected chi connectivity index (χ3v) is 2.81. The molecule has 1 N–H and O–H groups in total. The van der Waals surface area contributed by atoms with Crippen LogP contribution in [0.3, 0.4) is 0 Å². The summed E-state index contributed by atoms with van der Waals surface area (Å²) in [5.74, 6) is 0.623. The first-order chi connectivity index (χ1) is 7.85. The van der Waals surface area contributed by atoms with E-state index >= 15 is 0 Å². The highest BCUT2D eigenvalue weighted by molar-refractivity contribution is 7.13. The van der Waals surface area contributed by atoms with E-state index in [9.17, 15) is 0 Å². The van der Waals surface area contributed by atoms with E-state index in [-0.39, 0.29) is 0 Å². The molecule has 0 saturated carbocycles. The molecule has 2 rings (SSSR count). The van der Waals surface area contributed by atoms with Crippen molar-refractivity contribution in [2.24, 2.45) is 0 Å². The van der Waals surface area contributed by atoms with Crippen LogP contribution in [0, 0.1) is 11.3 Å². The molecule has 2 aromatic rings. The lowest BCUT2D eigenvalue weighted by Crippen LogP contribution is -2.02. The Bertz CT molecular complexity index is 513. The maximum Gasteiger partial charge on any atom is 0.144 e. The van der Waals surface area contributed by atoms with Crippen LogP contribution >= 0.6 is 11.3 Å². The smallest absolute Gasteiger partial charge is 0.144 e. The highest BCUT2D eigenvalue weighted by Crippen LogP contribution is 2.22. The van der Waals surface area contributed by atoms with E-state index in [4.69, 9.17) is 5.26 Å². The van der Waals surface area contributed by atoms with Crippen molar-refractivity contribution in [1.29, 1.82) is 5.26 Å². The van der Waals surface area contributed by atoms with Gasteiger partial charge in [-0.15, -0.1) is 11.3 Å². The highest BCUT2D eigenvalue weighted by Gasteiger charge is 2.07. The van der Waals surface area contributed by atoms with Crippen molar-refractivity contribution >= 4 is 17.2 Å². The summed E-state index contributed by atoms with van der Waals surface area (Å²) in [6.45, 7) is 2.71. The van der Waals surface area contributed by atoms with Crippen LogP contribution in [0.1, 0.15) is 12.5 Å². The summed E-state index contributed by atoms with van der Waals surface area (Å²) in [5, 5.41) is 14.8. The number of rotatable bonds is 3. The minimum atomic E-state index is 0.558. The maximum atomic E-state index is 8.92. The Balaban J connectivity index is 2.44. The van der Waals surface area contributed by atoms with Gasteiger partial charge in [-0.1, -0.05) is 0 Å². The van der Waals surface area contributed by atoms with Gasteiger partial charge in [0.25, 0.3) is 0 Å². The molecule has 5 heteroatoms. The lowest BCUT2D eigenvalue weighted by Gasteiger charge is -2.05. The second-order valence-corrected chi connectivity index (χ2v) is 3.97. The fourth-order valence-corrected chi connectivity index (χ4v) is 1.93. The molecule has 0 amide bonds. The molecule has 0 saturated heterocycles. The van der Waals surface area contributed by atoms with Gasteiger partial charge in [-0.3, -0.25) is 0 Å². The number of thiazole rings is 1. The number of nitrogens with one attached hydrogen (secondary N) is 1. The summed E-state index contributed by atoms with van der Waals surface area (Å²) >= 11 is 1.53. The number of anilines is 1. The topological polar surface area (TPSA) is 61.6 Å². The van der Waals surface area contributed by atoms with Crippen molar-refractivity contribution in [2.75, 3.05) is 11.9 Å². The van der Waals surface area contributed by atoms with Gasteiger partial charge in [0, 0.05) is 18.1 Å². The Morgan fingerprint density at radius 1 is 1.50 bits per heavy atom. The molecular weight excluding hydrogens is 220 g/mol. The Kier molecular flexibility index (Phi) is 3.13. The van der Waals surface area contributed by atoms with Crippen molar-refractivity contribution in [3.8, 4) is 16.8 Å². The van der Waals surface area contributed by atoms with E-state index in [1.807, 2.05) is 18.4 Å². The Morgan fingerprint density at radius 3 is 3.00 bits per heavy atom. The van der Waals surface area contributed by atoms with Crippen LogP contribution < -0.4 is 5.32 Å². The van der Waals surface area contributed by atoms with Crippen molar-refractivity contribution in [2.45, 2.75) is 6.92 Å². The van der Waals surface area contributed by atoms with Gasteiger partial charge in [0.05, 0.1) is 5.56 Å². The zero-order valence-electron chi connectivity index (χ0n) is 8.77. The first kappa shape index (κ1) is 10.6. The van der Waals surface area contributed by atoms with Crippen molar-refractivity contribution in [3.63, 3.8) is 0 Å². The van der Waals surface area contributed by atoms with Gasteiger partial charge in [0.2, 0.25) is 0 Å². The molecule has 0 aliphatic heterocycles. The second-order valence-electron chi connectivity index (χ2n) is 3.07. The molecule has 0 aliphatic rings. The van der Waals surface area contributed by atoms with E-state index < -0.39 is 0 Å². The fourth-order valence-electron chi connectivity index (χ4n) is 1.32. The summed E-state index contributed by atoms with van der Waals surface area (Å²) in [6, 6.07) is 5.69. The molecule has 80 valence electrons. The molecule has 0 radical (unpaired) electrons. The van der Waals surface area contributed by atoms with Crippen molar-refractivity contribution in [3.05, 3.63) is 29.3 Å². The quantitative estimate of drug-likeness (QED) is 0.880. The van der Waals surface area contributed by atoms with Gasteiger partial charge in [-0.05, 0) is 19.1 Å². The molecule has 4 nitrogen and oxygen atoms in total. The van der Waals surface area contributed by atoms with Gasteiger partial charge < -0.3 is 5.32 Å². The number of nitrogens with zero attached hydrogens (tertiary/aromatic N) is 3. The first-order valence-electron chi connectivity index (χ1n) is 4.90. The minimum absolute atomic E-state index is 0.558. The standard InChI is InChI=1S/C11H10N4S/c1-2-13-10-8(7-12)3-4-9(15-10)11-14-5-6-16-11/h3-6H,2H2,1H3,(H,13,15). The van der Waals surface area contributed by atoms with Gasteiger partial charge in [0.15, 0.2) is 0 Å². The van der Waals surface area contributed by atoms with Crippen molar-refractivity contribution < 1.29 is 0 Å². The van der Waals surface area contributed by atoms with Crippen LogP contribution in [0.25, 0.3) is 10.7 Å². The number of nitriles is 1. The molecule has 2 aromatic heterocycles. The van der Waals surface area contributed by atoms with Crippen LogP contribution in [-0.2, 0) is 0 Å². The van der Waals surface area contributed by atoms with Crippen LogP contribution in [0.15, 0.2) is 23.7 Å². The van der Waals surface area contributed by atoms with E-state index in [1.54, 1.807) is 12.3 Å². The average Bonchev–Trinajstić information content (AvgIpc) is 2.83. The third kappa shape index (κ3) is 2.02. The van der Waals surface area contributed by atoms with Crippen LogP contribution in [-0.4, -0.2) is 16.5 Å². The summed E-state index contributed by atoms with van der Waals surface area (Å²) in [6.07, 6.45) is 1.74. The molecule has 0 aromatic carbocycles. The average molecular weight is 230 g/mol. The molecule has 0 spiro atoms. The van der Waals surface area contributed by atoms with E-state index in [0.29, 0.717) is 11.4 Å². The minimum Gasteiger partial charge on any atom is -0.369 e. The predicted octanol–water partition coefficient (Wildman–Crippen LogP) is 2.51. The number of pyridine rings is 1. The summed E-state index contributed by atoms with van der Waals surface area (Å²) in [5.41, 5.74) is 1.35. The predicted molar refractivity (Wildman–Crippen MR) is 64.2 cm³/mol. The summed E-state index contributed by atoms with van der Waals surface area (Å²) in [4.78, 5) is 8.58. The highest BCUT2D eigenvalue weighted by atomic mass is 32.1. The van der Waals surface area contributed by atoms with Gasteiger partial charge in [-0.2, -0.15) is 5.26 Å². The van der Waals surface area contributed by atoms with Gasteiger partial charge in [-0.25, -0.2) is 9.97 Å². The van der Waals surface area contributed by atoms with E-state index in [0.717, 1.165) is 17.2 Å². The SMILES string of the molecule is CCNc1nc(-c2nccs2)ccc1C#N. The molecule has 2 heterocycles. The second kappa shape index (κ2) is 4.73. The van der Waals surface area contributed by atoms with Crippen LogP contribution in [0.5, 0.6) is 0 Å². The third-order valence-electron chi connectivity index (χ3n) is 2.01. The Labute approximate surface area is 97.6 Å². The number of hydrogen-bond donors (Lipinski definition) is 1. The molecule has 0 atom stereocenters. The summed E-state index contributed by atoms with van der Waals surface area (Å²) < 4.78 is 0. The maximum absolute atomic E-state index is 8.92. The number of aromatic nitrogens is 2. The molecule has 16 heavy (non-hydrogen) atoms. The molecule has 0 bridgehead atoms. The number of hydrogen-bond acceptors (Lipinski definition) is 5. The molecule has 0 fully saturated rings. The molecule has 0 aliphatic carbocycles. The largest absolute Gasteiger partial charge is 0.369 e. The van der Waals surface area contributed by atoms with E-state index in [1.165, 1.54) is 11.3 Å². The van der Waals surface area contributed by atoms with Crippen LogP contribution in [0.4, 0.5) is 5.82 Å².